The lowest BCUT2D eigenvalue weighted by Crippen LogP contribution is -2.30. The fourth-order valence-electron chi connectivity index (χ4n) is 10.6. The second kappa shape index (κ2) is 62.2. The van der Waals surface area contributed by atoms with Crippen LogP contribution in [-0.4, -0.2) is 96.7 Å². The highest BCUT2D eigenvalue weighted by Crippen LogP contribution is 2.45. The molecule has 0 aromatic carbocycles. The molecular weight excluding hydrogens is 1170 g/mol. The van der Waals surface area contributed by atoms with Gasteiger partial charge in [-0.2, -0.15) is 0 Å². The third kappa shape index (κ3) is 64.6. The molecule has 0 amide bonds. The van der Waals surface area contributed by atoms with Gasteiger partial charge in [-0.3, -0.25) is 37.3 Å². The van der Waals surface area contributed by atoms with Gasteiger partial charge in [0, 0.05) is 25.7 Å². The lowest BCUT2D eigenvalue weighted by atomic mass is 10.0. The minimum Gasteiger partial charge on any atom is -0.462 e. The van der Waals surface area contributed by atoms with Crippen molar-refractivity contribution >= 4 is 39.5 Å². The van der Waals surface area contributed by atoms with Crippen LogP contribution in [0, 0.1) is 11.8 Å². The van der Waals surface area contributed by atoms with Crippen LogP contribution in [0.3, 0.4) is 0 Å². The lowest BCUT2D eigenvalue weighted by molar-refractivity contribution is -0.161. The quantitative estimate of drug-likeness (QED) is 0.0222. The molecule has 0 spiro atoms. The summed E-state index contributed by atoms with van der Waals surface area (Å²) >= 11 is 0. The maximum atomic E-state index is 13.0. The van der Waals surface area contributed by atoms with E-state index in [1.54, 1.807) is 0 Å². The van der Waals surface area contributed by atoms with E-state index in [2.05, 4.69) is 41.5 Å². The molecule has 17 nitrogen and oxygen atoms in total. The smallest absolute Gasteiger partial charge is 0.462 e. The van der Waals surface area contributed by atoms with Crippen LogP contribution in [0.4, 0.5) is 0 Å². The van der Waals surface area contributed by atoms with Crippen molar-refractivity contribution in [3.05, 3.63) is 0 Å². The summed E-state index contributed by atoms with van der Waals surface area (Å²) in [4.78, 5) is 72.5. The van der Waals surface area contributed by atoms with Crippen LogP contribution in [0.15, 0.2) is 0 Å². The van der Waals surface area contributed by atoms with Crippen LogP contribution in [0.1, 0.15) is 356 Å². The second-order valence-corrected chi connectivity index (χ2v) is 29.1. The Kier molecular flexibility index (Phi) is 60.8. The highest BCUT2D eigenvalue weighted by molar-refractivity contribution is 7.47. The molecule has 0 aromatic heterocycles. The summed E-state index contributed by atoms with van der Waals surface area (Å²) in [6.07, 6.45) is 47.1. The predicted molar refractivity (Wildman–Crippen MR) is 358 cm³/mol. The molecule has 2 unspecified atom stereocenters. The zero-order valence-corrected chi connectivity index (χ0v) is 59.5. The van der Waals surface area contributed by atoms with Crippen molar-refractivity contribution in [2.75, 3.05) is 39.6 Å². The number of carbonyl (C=O) groups excluding carboxylic acids is 4. The Bertz CT molecular complexity index is 1730. The predicted octanol–water partition coefficient (Wildman–Crippen LogP) is 20.0. The summed E-state index contributed by atoms with van der Waals surface area (Å²) in [6, 6.07) is 0. The summed E-state index contributed by atoms with van der Waals surface area (Å²) in [7, 11) is -9.90. The maximum Gasteiger partial charge on any atom is 0.472 e. The number of hydrogen-bond acceptors (Lipinski definition) is 15. The molecular formula is C70H136O17P2. The number of phosphoric ester groups is 2. The van der Waals surface area contributed by atoms with Gasteiger partial charge in [-0.25, -0.2) is 9.13 Å². The molecule has 0 aromatic rings. The van der Waals surface area contributed by atoms with Gasteiger partial charge in [-0.05, 0) is 37.5 Å². The fourth-order valence-corrected chi connectivity index (χ4v) is 12.2. The maximum absolute atomic E-state index is 13.0. The molecule has 0 fully saturated rings. The largest absolute Gasteiger partial charge is 0.472 e. The van der Waals surface area contributed by atoms with Crippen molar-refractivity contribution in [2.24, 2.45) is 11.8 Å². The summed E-state index contributed by atoms with van der Waals surface area (Å²) in [6.45, 7) is 9.51. The highest BCUT2D eigenvalue weighted by atomic mass is 31.2. The number of esters is 4. The molecule has 0 bridgehead atoms. The number of unbranched alkanes of at least 4 members (excludes halogenated alkanes) is 39. The van der Waals surface area contributed by atoms with E-state index in [9.17, 15) is 43.2 Å². The SMILES string of the molecule is CCCCCCCCCCCCCCCC(=O)OC[C@H](COP(=O)(O)OC[C@@H](O)COP(=O)(O)OC[C@@H](COC(=O)CCCCCCCCCCC(C)C)OC(=O)CCCCCCCCCCCCCC)OC(=O)CCCCCCCCCCCCC(C)C. The van der Waals surface area contributed by atoms with Crippen LogP contribution in [-0.2, 0) is 65.4 Å². The van der Waals surface area contributed by atoms with Crippen LogP contribution in [0.2, 0.25) is 0 Å². The summed E-state index contributed by atoms with van der Waals surface area (Å²) in [5, 5.41) is 10.6. The van der Waals surface area contributed by atoms with Gasteiger partial charge in [0.05, 0.1) is 26.4 Å². The number of rotatable bonds is 69. The van der Waals surface area contributed by atoms with Gasteiger partial charge >= 0.3 is 39.5 Å². The van der Waals surface area contributed by atoms with Crippen LogP contribution < -0.4 is 0 Å². The standard InChI is InChI=1S/C70H136O17P2/c1-7-9-11-13-15-17-19-21-23-27-34-40-46-52-67(72)80-58-65(87-70(75)55-49-43-37-29-25-24-26-32-38-44-50-62(3)4)60-84-88(76,77)82-56-64(71)57-83-89(78,79)85-61-66(59-81-68(73)53-47-41-35-31-30-33-39-45-51-63(5)6)86-69(74)54-48-42-36-28-22-20-18-16-14-12-10-8-2/h62-66,71H,7-61H2,1-6H3,(H,76,77)(H,78,79)/t64-,65-,66-/m1/s1. The van der Waals surface area contributed by atoms with Gasteiger partial charge in [-0.1, -0.05) is 305 Å². The molecule has 3 N–H and O–H groups in total. The highest BCUT2D eigenvalue weighted by Gasteiger charge is 2.30. The zero-order chi connectivity index (χ0) is 65.7. The van der Waals surface area contributed by atoms with Crippen LogP contribution in [0.25, 0.3) is 0 Å². The monoisotopic (exact) mass is 1310 g/mol. The Morgan fingerprint density at radius 2 is 0.517 bits per heavy atom. The number of hydrogen-bond donors (Lipinski definition) is 3. The first-order valence-corrected chi connectivity index (χ1v) is 39.5. The van der Waals surface area contributed by atoms with Crippen molar-refractivity contribution in [3.63, 3.8) is 0 Å². The molecule has 0 aliphatic carbocycles. The minimum atomic E-state index is -4.95. The van der Waals surface area contributed by atoms with Crippen molar-refractivity contribution in [1.82, 2.24) is 0 Å². The van der Waals surface area contributed by atoms with Gasteiger partial charge in [0.15, 0.2) is 12.2 Å². The van der Waals surface area contributed by atoms with E-state index in [0.29, 0.717) is 25.7 Å². The average molecular weight is 1310 g/mol. The Morgan fingerprint density at radius 1 is 0.303 bits per heavy atom. The molecule has 0 heterocycles. The van der Waals surface area contributed by atoms with E-state index in [1.807, 2.05) is 0 Å². The second-order valence-electron chi connectivity index (χ2n) is 26.2. The Morgan fingerprint density at radius 3 is 0.764 bits per heavy atom. The summed E-state index contributed by atoms with van der Waals surface area (Å²) in [5.41, 5.74) is 0. The first-order valence-electron chi connectivity index (χ1n) is 36.5. The Balaban J connectivity index is 5.26. The Hall–Kier alpha value is -1.94. The van der Waals surface area contributed by atoms with Gasteiger partial charge in [0.25, 0.3) is 0 Å². The molecule has 0 saturated carbocycles. The number of phosphoric acid groups is 2. The molecule has 89 heavy (non-hydrogen) atoms. The van der Waals surface area contributed by atoms with E-state index in [4.69, 9.17) is 37.0 Å². The number of ether oxygens (including phenoxy) is 4. The molecule has 0 radical (unpaired) electrons. The number of aliphatic hydroxyl groups excluding tert-OH is 1. The van der Waals surface area contributed by atoms with Crippen molar-refractivity contribution in [3.8, 4) is 0 Å². The van der Waals surface area contributed by atoms with E-state index in [1.165, 1.54) is 173 Å². The third-order valence-electron chi connectivity index (χ3n) is 16.2. The van der Waals surface area contributed by atoms with Crippen molar-refractivity contribution in [2.45, 2.75) is 374 Å². The van der Waals surface area contributed by atoms with E-state index >= 15 is 0 Å². The molecule has 528 valence electrons. The first-order chi connectivity index (χ1) is 42.9. The van der Waals surface area contributed by atoms with E-state index in [0.717, 1.165) is 102 Å². The zero-order valence-electron chi connectivity index (χ0n) is 57.7. The molecule has 0 aliphatic heterocycles. The third-order valence-corrected chi connectivity index (χ3v) is 18.1. The average Bonchev–Trinajstić information content (AvgIpc) is 3.71. The molecule has 0 saturated heterocycles. The van der Waals surface area contributed by atoms with Crippen LogP contribution >= 0.6 is 15.6 Å². The molecule has 0 rings (SSSR count). The van der Waals surface area contributed by atoms with Gasteiger partial charge in [0.2, 0.25) is 0 Å². The molecule has 0 aliphatic rings. The molecule has 19 heteroatoms. The van der Waals surface area contributed by atoms with Gasteiger partial charge < -0.3 is 33.8 Å². The summed E-state index contributed by atoms with van der Waals surface area (Å²) in [5.74, 6) is -0.644. The van der Waals surface area contributed by atoms with Crippen molar-refractivity contribution in [1.29, 1.82) is 0 Å². The minimum absolute atomic E-state index is 0.106. The lowest BCUT2D eigenvalue weighted by Gasteiger charge is -2.21. The Labute approximate surface area is 543 Å². The van der Waals surface area contributed by atoms with Gasteiger partial charge in [0.1, 0.15) is 19.3 Å². The van der Waals surface area contributed by atoms with E-state index < -0.39 is 97.5 Å². The fraction of sp³-hybridized carbons (Fsp3) is 0.943. The topological polar surface area (TPSA) is 237 Å². The van der Waals surface area contributed by atoms with Crippen molar-refractivity contribution < 1.29 is 80.2 Å². The van der Waals surface area contributed by atoms with Gasteiger partial charge in [-0.15, -0.1) is 0 Å². The summed E-state index contributed by atoms with van der Waals surface area (Å²) < 4.78 is 68.3. The normalized spacial score (nSPS) is 14.1. The number of carbonyl (C=O) groups is 4. The number of aliphatic hydroxyl groups is 1. The first kappa shape index (κ1) is 87.1. The van der Waals surface area contributed by atoms with Crippen LogP contribution in [0.5, 0.6) is 0 Å². The van der Waals surface area contributed by atoms with E-state index in [-0.39, 0.29) is 25.7 Å². The molecule has 5 atom stereocenters.